The molecule has 1 aromatic rings. The summed E-state index contributed by atoms with van der Waals surface area (Å²) in [7, 11) is 0. The van der Waals surface area contributed by atoms with E-state index in [-0.39, 0.29) is 5.97 Å². The molecular formula is C12H13BrO2. The molecule has 2 nitrogen and oxygen atoms in total. The Bertz CT molecular complexity index is 354. The third-order valence-corrected chi connectivity index (χ3v) is 2.42. The molecule has 3 heteroatoms. The molecular weight excluding hydrogens is 256 g/mol. The normalized spacial score (nSPS) is 9.73. The SMILES string of the molecule is C=C(Cc1ccc(Br)cc1)C(=O)OCC. The van der Waals surface area contributed by atoms with Gasteiger partial charge in [-0.1, -0.05) is 34.6 Å². The number of benzene rings is 1. The first-order valence-electron chi connectivity index (χ1n) is 4.73. The van der Waals surface area contributed by atoms with Crippen molar-refractivity contribution in [3.63, 3.8) is 0 Å². The summed E-state index contributed by atoms with van der Waals surface area (Å²) < 4.78 is 5.87. The van der Waals surface area contributed by atoms with Gasteiger partial charge in [0.15, 0.2) is 0 Å². The van der Waals surface area contributed by atoms with Crippen molar-refractivity contribution in [1.82, 2.24) is 0 Å². The first kappa shape index (κ1) is 12.0. The standard InChI is InChI=1S/C12H13BrO2/c1-3-15-12(14)9(2)8-10-4-6-11(13)7-5-10/h4-7H,2-3,8H2,1H3. The highest BCUT2D eigenvalue weighted by molar-refractivity contribution is 9.10. The molecule has 0 unspecified atom stereocenters. The van der Waals surface area contributed by atoms with E-state index in [1.165, 1.54) is 0 Å². The van der Waals surface area contributed by atoms with Crippen LogP contribution in [0.15, 0.2) is 40.9 Å². The Morgan fingerprint density at radius 1 is 1.40 bits per heavy atom. The van der Waals surface area contributed by atoms with Crippen LogP contribution in [0.25, 0.3) is 0 Å². The van der Waals surface area contributed by atoms with Crippen molar-refractivity contribution in [2.24, 2.45) is 0 Å². The van der Waals surface area contributed by atoms with Crippen molar-refractivity contribution >= 4 is 21.9 Å². The van der Waals surface area contributed by atoms with Crippen LogP contribution in [0.4, 0.5) is 0 Å². The minimum absolute atomic E-state index is 0.319. The summed E-state index contributed by atoms with van der Waals surface area (Å²) in [5.74, 6) is -0.319. The van der Waals surface area contributed by atoms with Gasteiger partial charge in [-0.15, -0.1) is 0 Å². The molecule has 15 heavy (non-hydrogen) atoms. The molecule has 1 aromatic carbocycles. The summed E-state index contributed by atoms with van der Waals surface area (Å²) in [5, 5.41) is 0. The van der Waals surface area contributed by atoms with E-state index in [2.05, 4.69) is 22.5 Å². The molecule has 0 amide bonds. The fourth-order valence-corrected chi connectivity index (χ4v) is 1.42. The number of ether oxygens (including phenoxy) is 1. The molecule has 80 valence electrons. The van der Waals surface area contributed by atoms with Crippen LogP contribution < -0.4 is 0 Å². The topological polar surface area (TPSA) is 26.3 Å². The molecule has 0 heterocycles. The summed E-state index contributed by atoms with van der Waals surface area (Å²) in [6.07, 6.45) is 0.534. The minimum atomic E-state index is -0.319. The Balaban J connectivity index is 2.58. The maximum absolute atomic E-state index is 11.3. The van der Waals surface area contributed by atoms with E-state index in [1.54, 1.807) is 6.92 Å². The van der Waals surface area contributed by atoms with Crippen molar-refractivity contribution in [2.75, 3.05) is 6.61 Å². The Morgan fingerprint density at radius 3 is 2.53 bits per heavy atom. The molecule has 0 spiro atoms. The summed E-state index contributed by atoms with van der Waals surface area (Å²) in [4.78, 5) is 11.3. The first-order valence-corrected chi connectivity index (χ1v) is 5.52. The Kier molecular flexibility index (Phi) is 4.56. The van der Waals surface area contributed by atoms with Crippen molar-refractivity contribution in [1.29, 1.82) is 0 Å². The van der Waals surface area contributed by atoms with Gasteiger partial charge >= 0.3 is 5.97 Å². The largest absolute Gasteiger partial charge is 0.463 e. The predicted octanol–water partition coefficient (Wildman–Crippen LogP) is 3.11. The van der Waals surface area contributed by atoms with Gasteiger partial charge in [-0.25, -0.2) is 4.79 Å². The van der Waals surface area contributed by atoms with E-state index in [0.717, 1.165) is 10.0 Å². The predicted molar refractivity (Wildman–Crippen MR) is 63.6 cm³/mol. The lowest BCUT2D eigenvalue weighted by Crippen LogP contribution is -2.08. The molecule has 0 bridgehead atoms. The van der Waals surface area contributed by atoms with Crippen LogP contribution in [0.2, 0.25) is 0 Å². The molecule has 0 aliphatic rings. The molecule has 0 aromatic heterocycles. The number of carbonyl (C=O) groups excluding carboxylic acids is 1. The van der Waals surface area contributed by atoms with E-state index >= 15 is 0 Å². The number of hydrogen-bond acceptors (Lipinski definition) is 2. The van der Waals surface area contributed by atoms with E-state index < -0.39 is 0 Å². The quantitative estimate of drug-likeness (QED) is 0.620. The first-order chi connectivity index (χ1) is 7.13. The van der Waals surface area contributed by atoms with Crippen LogP contribution in [0.3, 0.4) is 0 Å². The third-order valence-electron chi connectivity index (χ3n) is 1.89. The van der Waals surface area contributed by atoms with Gasteiger partial charge in [0.05, 0.1) is 6.61 Å². The van der Waals surface area contributed by atoms with Gasteiger partial charge in [-0.2, -0.15) is 0 Å². The zero-order valence-corrected chi connectivity index (χ0v) is 10.2. The number of halogens is 1. The van der Waals surface area contributed by atoms with Crippen LogP contribution >= 0.6 is 15.9 Å². The Hall–Kier alpha value is -1.09. The summed E-state index contributed by atoms with van der Waals surface area (Å²) in [6, 6.07) is 7.78. The zero-order chi connectivity index (χ0) is 11.3. The number of esters is 1. The number of carbonyl (C=O) groups is 1. The molecule has 1 rings (SSSR count). The lowest BCUT2D eigenvalue weighted by molar-refractivity contribution is -0.138. The highest BCUT2D eigenvalue weighted by atomic mass is 79.9. The Morgan fingerprint density at radius 2 is 2.00 bits per heavy atom. The smallest absolute Gasteiger partial charge is 0.333 e. The molecule has 0 atom stereocenters. The van der Waals surface area contributed by atoms with Gasteiger partial charge in [0.2, 0.25) is 0 Å². The summed E-state index contributed by atoms with van der Waals surface area (Å²) in [5.41, 5.74) is 1.54. The molecule has 0 N–H and O–H groups in total. The van der Waals surface area contributed by atoms with Crippen molar-refractivity contribution < 1.29 is 9.53 Å². The third kappa shape index (κ3) is 3.88. The van der Waals surface area contributed by atoms with Crippen LogP contribution in [0.1, 0.15) is 12.5 Å². The fraction of sp³-hybridized carbons (Fsp3) is 0.250. The van der Waals surface area contributed by atoms with Gasteiger partial charge in [-0.05, 0) is 24.6 Å². The zero-order valence-electron chi connectivity index (χ0n) is 8.63. The average Bonchev–Trinajstić information content (AvgIpc) is 2.22. The monoisotopic (exact) mass is 268 g/mol. The number of hydrogen-bond donors (Lipinski definition) is 0. The maximum Gasteiger partial charge on any atom is 0.333 e. The van der Waals surface area contributed by atoms with Crippen LogP contribution in [0, 0.1) is 0 Å². The summed E-state index contributed by atoms with van der Waals surface area (Å²) >= 11 is 3.35. The highest BCUT2D eigenvalue weighted by Gasteiger charge is 2.07. The van der Waals surface area contributed by atoms with Gasteiger partial charge in [0.25, 0.3) is 0 Å². The van der Waals surface area contributed by atoms with E-state index in [9.17, 15) is 4.79 Å². The van der Waals surface area contributed by atoms with E-state index in [4.69, 9.17) is 4.74 Å². The molecule has 0 aliphatic heterocycles. The molecule has 0 saturated carbocycles. The van der Waals surface area contributed by atoms with Crippen LogP contribution in [0.5, 0.6) is 0 Å². The second kappa shape index (κ2) is 5.71. The highest BCUT2D eigenvalue weighted by Crippen LogP contribution is 2.13. The second-order valence-corrected chi connectivity index (χ2v) is 4.04. The lowest BCUT2D eigenvalue weighted by Gasteiger charge is -2.05. The van der Waals surface area contributed by atoms with Crippen molar-refractivity contribution in [2.45, 2.75) is 13.3 Å². The van der Waals surface area contributed by atoms with E-state index in [1.807, 2.05) is 24.3 Å². The lowest BCUT2D eigenvalue weighted by atomic mass is 10.1. The van der Waals surface area contributed by atoms with E-state index in [0.29, 0.717) is 18.6 Å². The van der Waals surface area contributed by atoms with Crippen LogP contribution in [-0.2, 0) is 16.0 Å². The second-order valence-electron chi connectivity index (χ2n) is 3.13. The molecule has 0 saturated heterocycles. The number of rotatable bonds is 4. The fourth-order valence-electron chi connectivity index (χ4n) is 1.15. The van der Waals surface area contributed by atoms with Gasteiger partial charge in [-0.3, -0.25) is 0 Å². The minimum Gasteiger partial charge on any atom is -0.463 e. The van der Waals surface area contributed by atoms with Crippen molar-refractivity contribution in [3.8, 4) is 0 Å². The average molecular weight is 269 g/mol. The van der Waals surface area contributed by atoms with Gasteiger partial charge in [0, 0.05) is 16.5 Å². The van der Waals surface area contributed by atoms with Gasteiger partial charge in [0.1, 0.15) is 0 Å². The van der Waals surface area contributed by atoms with Crippen molar-refractivity contribution in [3.05, 3.63) is 46.5 Å². The molecule has 0 fully saturated rings. The van der Waals surface area contributed by atoms with Crippen LogP contribution in [-0.4, -0.2) is 12.6 Å². The maximum atomic E-state index is 11.3. The summed E-state index contributed by atoms with van der Waals surface area (Å²) in [6.45, 7) is 5.87. The Labute approximate surface area is 98.1 Å². The molecule has 0 radical (unpaired) electrons. The van der Waals surface area contributed by atoms with Gasteiger partial charge < -0.3 is 4.74 Å². The molecule has 0 aliphatic carbocycles.